The largest absolute Gasteiger partial charge is 0.344 e. The minimum atomic E-state index is -0.243. The van der Waals surface area contributed by atoms with Crippen molar-refractivity contribution in [3.63, 3.8) is 0 Å². The fourth-order valence-electron chi connectivity index (χ4n) is 4.39. The molecule has 0 spiro atoms. The monoisotopic (exact) mass is 454 g/mol. The number of aromatic nitrogens is 5. The molecule has 1 saturated carbocycles. The Hall–Kier alpha value is -3.89. The summed E-state index contributed by atoms with van der Waals surface area (Å²) in [7, 11) is 1.86. The molecule has 8 heteroatoms. The second-order valence-corrected chi connectivity index (χ2v) is 9.03. The van der Waals surface area contributed by atoms with E-state index in [1.54, 1.807) is 16.8 Å². The van der Waals surface area contributed by atoms with Gasteiger partial charge in [0.15, 0.2) is 0 Å². The molecule has 6 rings (SSSR count). The van der Waals surface area contributed by atoms with Gasteiger partial charge in [-0.05, 0) is 54.7 Å². The second-order valence-electron chi connectivity index (χ2n) is 8.59. The molecule has 162 valence electrons. The predicted octanol–water partition coefficient (Wildman–Crippen LogP) is 4.68. The maximum Gasteiger partial charge on any atom is 0.281 e. The lowest BCUT2D eigenvalue weighted by Crippen LogP contribution is -2.24. The Morgan fingerprint density at radius 2 is 1.91 bits per heavy atom. The average molecular weight is 455 g/mol. The molecule has 0 amide bonds. The fourth-order valence-corrected chi connectivity index (χ4v) is 4.51. The van der Waals surface area contributed by atoms with Crippen LogP contribution in [0.1, 0.15) is 18.4 Å². The number of nitriles is 1. The average Bonchev–Trinajstić information content (AvgIpc) is 3.44. The molecule has 0 aliphatic heterocycles. The van der Waals surface area contributed by atoms with E-state index >= 15 is 0 Å². The van der Waals surface area contributed by atoms with Crippen LogP contribution in [0.5, 0.6) is 0 Å². The zero-order valence-electron chi connectivity index (χ0n) is 17.9. The zero-order valence-corrected chi connectivity index (χ0v) is 18.6. The summed E-state index contributed by atoms with van der Waals surface area (Å²) in [4.78, 5) is 13.9. The molecule has 0 N–H and O–H groups in total. The Morgan fingerprint density at radius 1 is 1.12 bits per heavy atom. The quantitative estimate of drug-likeness (QED) is 0.395. The third kappa shape index (κ3) is 3.31. The Bertz CT molecular complexity index is 1650. The summed E-state index contributed by atoms with van der Waals surface area (Å²) >= 11 is 6.12. The summed E-state index contributed by atoms with van der Waals surface area (Å²) in [6, 6.07) is 15.1. The van der Waals surface area contributed by atoms with Crippen LogP contribution >= 0.6 is 11.6 Å². The van der Waals surface area contributed by atoms with Gasteiger partial charge in [0.1, 0.15) is 11.6 Å². The number of hydrogen-bond acceptors (Lipinski definition) is 4. The molecular weight excluding hydrogens is 436 g/mol. The van der Waals surface area contributed by atoms with Gasteiger partial charge in [0.05, 0.1) is 27.8 Å². The Balaban J connectivity index is 1.68. The Labute approximate surface area is 194 Å². The third-order valence-electron chi connectivity index (χ3n) is 6.15. The van der Waals surface area contributed by atoms with Crippen LogP contribution in [-0.4, -0.2) is 24.1 Å². The molecule has 33 heavy (non-hydrogen) atoms. The molecule has 0 saturated heterocycles. The van der Waals surface area contributed by atoms with Gasteiger partial charge < -0.3 is 4.57 Å². The van der Waals surface area contributed by atoms with Crippen molar-refractivity contribution in [3.8, 4) is 22.9 Å². The first kappa shape index (κ1) is 19.8. The van der Waals surface area contributed by atoms with Gasteiger partial charge in [0, 0.05) is 36.4 Å². The summed E-state index contributed by atoms with van der Waals surface area (Å²) in [5.74, 6) is 0.570. The van der Waals surface area contributed by atoms with Crippen LogP contribution in [0.15, 0.2) is 59.7 Å². The first-order chi connectivity index (χ1) is 16.0. The van der Waals surface area contributed by atoms with Crippen molar-refractivity contribution in [2.75, 3.05) is 0 Å². The summed E-state index contributed by atoms with van der Waals surface area (Å²) in [5, 5.41) is 20.5. The highest BCUT2D eigenvalue weighted by Crippen LogP contribution is 2.35. The van der Waals surface area contributed by atoms with Gasteiger partial charge in [-0.15, -0.1) is 0 Å². The van der Waals surface area contributed by atoms with Crippen LogP contribution in [0.3, 0.4) is 0 Å². The minimum absolute atomic E-state index is 0.243. The van der Waals surface area contributed by atoms with E-state index in [9.17, 15) is 10.1 Å². The fraction of sp³-hybridized carbons (Fsp3) is 0.200. The zero-order chi connectivity index (χ0) is 22.7. The van der Waals surface area contributed by atoms with Crippen molar-refractivity contribution >= 4 is 33.5 Å². The lowest BCUT2D eigenvalue weighted by Gasteiger charge is -2.12. The Kier molecular flexibility index (Phi) is 4.39. The normalized spacial score (nSPS) is 13.6. The van der Waals surface area contributed by atoms with Gasteiger partial charge in [0.25, 0.3) is 5.56 Å². The second kappa shape index (κ2) is 7.32. The van der Waals surface area contributed by atoms with Gasteiger partial charge in [-0.2, -0.15) is 20.1 Å². The van der Waals surface area contributed by atoms with Crippen LogP contribution in [0, 0.1) is 17.2 Å². The van der Waals surface area contributed by atoms with E-state index in [0.29, 0.717) is 38.8 Å². The molecule has 1 aliphatic carbocycles. The van der Waals surface area contributed by atoms with Crippen molar-refractivity contribution in [3.05, 3.63) is 75.8 Å². The van der Waals surface area contributed by atoms with Crippen LogP contribution in [0.2, 0.25) is 5.02 Å². The lowest BCUT2D eigenvalue weighted by atomic mass is 10.1. The SMILES string of the molecule is Cn1cc2cc(-n3nc4c(C#N)cn(CC5CC5)c4c(-c4ccc(Cl)cc4)c3=O)ccc2n1. The molecule has 0 atom stereocenters. The molecule has 1 fully saturated rings. The number of halogens is 1. The van der Waals surface area contributed by atoms with Crippen LogP contribution in [-0.2, 0) is 13.6 Å². The number of aryl methyl sites for hydroxylation is 1. The van der Waals surface area contributed by atoms with E-state index in [1.807, 2.05) is 54.3 Å². The Morgan fingerprint density at radius 3 is 2.64 bits per heavy atom. The number of benzene rings is 2. The first-order valence-corrected chi connectivity index (χ1v) is 11.2. The summed E-state index contributed by atoms with van der Waals surface area (Å²) in [6.07, 6.45) is 6.04. The van der Waals surface area contributed by atoms with Crippen molar-refractivity contribution in [1.29, 1.82) is 5.26 Å². The molecule has 5 aromatic rings. The van der Waals surface area contributed by atoms with E-state index in [4.69, 9.17) is 11.6 Å². The molecule has 3 heterocycles. The van der Waals surface area contributed by atoms with Crippen molar-refractivity contribution in [1.82, 2.24) is 24.1 Å². The first-order valence-electron chi connectivity index (χ1n) is 10.8. The number of fused-ring (bicyclic) bond motifs is 2. The third-order valence-corrected chi connectivity index (χ3v) is 6.40. The summed E-state index contributed by atoms with van der Waals surface area (Å²) < 4.78 is 5.15. The van der Waals surface area contributed by atoms with Gasteiger partial charge in [0.2, 0.25) is 0 Å². The van der Waals surface area contributed by atoms with Gasteiger partial charge in [-0.3, -0.25) is 9.48 Å². The molecule has 1 aliphatic rings. The molecule has 0 radical (unpaired) electrons. The molecule has 3 aromatic heterocycles. The smallest absolute Gasteiger partial charge is 0.281 e. The molecule has 7 nitrogen and oxygen atoms in total. The lowest BCUT2D eigenvalue weighted by molar-refractivity contribution is 0.646. The molecule has 0 bridgehead atoms. The molecule has 2 aromatic carbocycles. The van der Waals surface area contributed by atoms with E-state index in [1.165, 1.54) is 4.68 Å². The van der Waals surface area contributed by atoms with Crippen LogP contribution in [0.4, 0.5) is 0 Å². The van der Waals surface area contributed by atoms with E-state index in [0.717, 1.165) is 35.9 Å². The van der Waals surface area contributed by atoms with E-state index < -0.39 is 0 Å². The predicted molar refractivity (Wildman–Crippen MR) is 127 cm³/mol. The van der Waals surface area contributed by atoms with Gasteiger partial charge >= 0.3 is 0 Å². The topological polar surface area (TPSA) is 81.4 Å². The number of nitrogens with zero attached hydrogens (tertiary/aromatic N) is 6. The standard InChI is InChI=1S/C25H19ClN6O/c1-30-13-17-10-20(8-9-21(17)28-30)32-25(33)22(16-4-6-19(26)7-5-16)24-23(29-32)18(11-27)14-31(24)12-15-2-3-15/h4-10,13-15H,2-3,12H2,1H3. The highest BCUT2D eigenvalue weighted by Gasteiger charge is 2.26. The number of rotatable bonds is 4. The highest BCUT2D eigenvalue weighted by molar-refractivity contribution is 6.30. The van der Waals surface area contributed by atoms with Gasteiger partial charge in [-0.25, -0.2) is 0 Å². The van der Waals surface area contributed by atoms with E-state index in [-0.39, 0.29) is 5.56 Å². The maximum atomic E-state index is 13.9. The molecular formula is C25H19ClN6O. The van der Waals surface area contributed by atoms with Gasteiger partial charge in [-0.1, -0.05) is 23.7 Å². The van der Waals surface area contributed by atoms with Crippen molar-refractivity contribution in [2.24, 2.45) is 13.0 Å². The van der Waals surface area contributed by atoms with Crippen LogP contribution < -0.4 is 5.56 Å². The van der Waals surface area contributed by atoms with Crippen LogP contribution in [0.25, 0.3) is 38.8 Å². The van der Waals surface area contributed by atoms with E-state index in [2.05, 4.69) is 16.3 Å². The minimum Gasteiger partial charge on any atom is -0.344 e. The summed E-state index contributed by atoms with van der Waals surface area (Å²) in [5.41, 5.74) is 4.15. The molecule has 0 unspecified atom stereocenters. The van der Waals surface area contributed by atoms with Crippen molar-refractivity contribution in [2.45, 2.75) is 19.4 Å². The summed E-state index contributed by atoms with van der Waals surface area (Å²) in [6.45, 7) is 0.769. The number of hydrogen-bond donors (Lipinski definition) is 0. The maximum absolute atomic E-state index is 13.9. The van der Waals surface area contributed by atoms with Crippen molar-refractivity contribution < 1.29 is 0 Å². The highest BCUT2D eigenvalue weighted by atomic mass is 35.5.